The van der Waals surface area contributed by atoms with Gasteiger partial charge in [0.25, 0.3) is 11.8 Å². The van der Waals surface area contributed by atoms with E-state index in [1.165, 1.54) is 9.91 Å². The van der Waals surface area contributed by atoms with Gasteiger partial charge in [-0.1, -0.05) is 96.9 Å². The zero-order valence-corrected chi connectivity index (χ0v) is 26.9. The normalized spacial score (nSPS) is 28.0. The van der Waals surface area contributed by atoms with Crippen molar-refractivity contribution in [2.75, 3.05) is 12.0 Å². The lowest BCUT2D eigenvalue weighted by molar-refractivity contribution is -0.141. The third kappa shape index (κ3) is 4.14. The number of aromatic hydroxyl groups is 1. The van der Waals surface area contributed by atoms with Crippen molar-refractivity contribution in [2.45, 2.75) is 44.4 Å². The second-order valence-corrected chi connectivity index (χ2v) is 13.6. The number of hydrogen-bond acceptors (Lipinski definition) is 6. The summed E-state index contributed by atoms with van der Waals surface area (Å²) in [5, 5.41) is 13.5. The zero-order chi connectivity index (χ0) is 33.3. The van der Waals surface area contributed by atoms with Gasteiger partial charge in [0.2, 0.25) is 11.8 Å². The van der Waals surface area contributed by atoms with E-state index in [0.29, 0.717) is 36.0 Å². The number of aryl methyl sites for hydroxylation is 1. The SMILES string of the molecule is CCCN1C(=O)C2CC=C3C(CC4C(=O)N(Nc5ccc(C)cc5)C(=O)C4(c4ccccc4)C3c3ccc(O)c4ccccc34)C2C1=O. The van der Waals surface area contributed by atoms with Crippen LogP contribution in [0.3, 0.4) is 0 Å². The number of fused-ring (bicyclic) bond motifs is 5. The fourth-order valence-electron chi connectivity index (χ4n) is 9.16. The first-order valence-electron chi connectivity index (χ1n) is 16.8. The molecule has 2 N–H and O–H groups in total. The Labute approximate surface area is 279 Å². The summed E-state index contributed by atoms with van der Waals surface area (Å²) >= 11 is 0. The topological polar surface area (TPSA) is 107 Å². The molecule has 0 bridgehead atoms. The summed E-state index contributed by atoms with van der Waals surface area (Å²) in [6, 6.07) is 28.1. The largest absolute Gasteiger partial charge is 0.507 e. The van der Waals surface area contributed by atoms with Crippen LogP contribution >= 0.6 is 0 Å². The molecule has 6 atom stereocenters. The van der Waals surface area contributed by atoms with E-state index in [-0.39, 0.29) is 35.8 Å². The van der Waals surface area contributed by atoms with E-state index >= 15 is 4.79 Å². The van der Waals surface area contributed by atoms with Crippen molar-refractivity contribution in [1.82, 2.24) is 9.91 Å². The van der Waals surface area contributed by atoms with Gasteiger partial charge >= 0.3 is 0 Å². The lowest BCUT2D eigenvalue weighted by atomic mass is 9.49. The molecule has 2 saturated heterocycles. The number of amides is 4. The number of phenols is 1. The number of rotatable bonds is 6. The number of phenolic OH excluding ortho intramolecular Hbond substituents is 1. The first-order chi connectivity index (χ1) is 23.3. The Hall–Kier alpha value is -5.24. The number of carbonyl (C=O) groups is 4. The van der Waals surface area contributed by atoms with E-state index in [9.17, 15) is 19.5 Å². The Morgan fingerprint density at radius 2 is 1.52 bits per heavy atom. The van der Waals surface area contributed by atoms with E-state index in [1.54, 1.807) is 6.07 Å². The quantitative estimate of drug-likeness (QED) is 0.191. The predicted molar refractivity (Wildman–Crippen MR) is 181 cm³/mol. The van der Waals surface area contributed by atoms with Gasteiger partial charge in [-0.05, 0) is 66.8 Å². The van der Waals surface area contributed by atoms with Crippen molar-refractivity contribution in [3.8, 4) is 5.75 Å². The molecule has 0 spiro atoms. The summed E-state index contributed by atoms with van der Waals surface area (Å²) in [6.07, 6.45) is 3.38. The predicted octanol–water partition coefficient (Wildman–Crippen LogP) is 6.25. The molecule has 8 nitrogen and oxygen atoms in total. The summed E-state index contributed by atoms with van der Waals surface area (Å²) in [7, 11) is 0. The molecule has 3 fully saturated rings. The minimum absolute atomic E-state index is 0.118. The average Bonchev–Trinajstić information content (AvgIpc) is 3.47. The van der Waals surface area contributed by atoms with E-state index in [1.807, 2.05) is 98.8 Å². The van der Waals surface area contributed by atoms with Crippen LogP contribution in [-0.4, -0.2) is 45.2 Å². The van der Waals surface area contributed by atoms with Gasteiger partial charge in [-0.3, -0.25) is 29.5 Å². The second-order valence-electron chi connectivity index (χ2n) is 13.6. The lowest BCUT2D eigenvalue weighted by Crippen LogP contribution is -2.53. The van der Waals surface area contributed by atoms with Crippen molar-refractivity contribution in [3.63, 3.8) is 0 Å². The van der Waals surface area contributed by atoms with Crippen LogP contribution in [0.1, 0.15) is 48.8 Å². The Kier molecular flexibility index (Phi) is 7.02. The lowest BCUT2D eigenvalue weighted by Gasteiger charge is -2.51. The molecule has 8 rings (SSSR count). The number of nitrogens with one attached hydrogen (secondary N) is 1. The standard InChI is InChI=1S/C40H37N3O5/c1-3-21-42-36(45)30-18-17-29-31(34(30)38(42)47)22-32-37(46)43(41-25-15-13-23(2)14-16-25)39(48)40(32,24-9-5-4-6-10-24)35(29)28-19-20-33(44)27-12-8-7-11-26(27)28/h4-17,19-20,30-32,34-35,41,44H,3,18,21-22H2,1-2H3. The van der Waals surface area contributed by atoms with Gasteiger partial charge in [0, 0.05) is 17.8 Å². The van der Waals surface area contributed by atoms with E-state index < -0.39 is 35.0 Å². The average molecular weight is 640 g/mol. The smallest absolute Gasteiger partial charge is 0.260 e. The molecule has 4 aromatic rings. The second kappa shape index (κ2) is 11.2. The van der Waals surface area contributed by atoms with Crippen LogP contribution in [-0.2, 0) is 24.6 Å². The molecule has 1 saturated carbocycles. The first-order valence-corrected chi connectivity index (χ1v) is 16.8. The number of hydrogen-bond donors (Lipinski definition) is 2. The van der Waals surface area contributed by atoms with Gasteiger partial charge in [-0.2, -0.15) is 5.01 Å². The zero-order valence-electron chi connectivity index (χ0n) is 26.9. The van der Waals surface area contributed by atoms with Crippen molar-refractivity contribution in [1.29, 1.82) is 0 Å². The minimum atomic E-state index is -1.36. The maximum Gasteiger partial charge on any atom is 0.260 e. The highest BCUT2D eigenvalue weighted by molar-refractivity contribution is 6.13. The van der Waals surface area contributed by atoms with Gasteiger partial charge in [0.15, 0.2) is 0 Å². The van der Waals surface area contributed by atoms with Gasteiger partial charge in [0.1, 0.15) is 5.75 Å². The Morgan fingerprint density at radius 3 is 2.25 bits per heavy atom. The molecule has 4 aromatic carbocycles. The number of hydrazine groups is 1. The van der Waals surface area contributed by atoms with Crippen molar-refractivity contribution in [2.24, 2.45) is 23.7 Å². The van der Waals surface area contributed by atoms with Gasteiger partial charge in [-0.15, -0.1) is 0 Å². The Balaban J connectivity index is 1.39. The van der Waals surface area contributed by atoms with Gasteiger partial charge < -0.3 is 5.11 Å². The first kappa shape index (κ1) is 30.1. The Bertz CT molecular complexity index is 2020. The highest BCUT2D eigenvalue weighted by atomic mass is 16.3. The summed E-state index contributed by atoms with van der Waals surface area (Å²) in [4.78, 5) is 59.2. The molecule has 2 aliphatic carbocycles. The summed E-state index contributed by atoms with van der Waals surface area (Å²) in [5.74, 6) is -3.94. The molecule has 0 aromatic heterocycles. The number of likely N-dealkylation sites (tertiary alicyclic amines) is 1. The molecule has 2 heterocycles. The molecule has 2 aliphatic heterocycles. The van der Waals surface area contributed by atoms with Crippen LogP contribution in [0, 0.1) is 30.6 Å². The summed E-state index contributed by atoms with van der Waals surface area (Å²) in [5.41, 5.74) is 5.87. The molecule has 8 heteroatoms. The van der Waals surface area contributed by atoms with Crippen LogP contribution in [0.25, 0.3) is 10.8 Å². The molecular weight excluding hydrogens is 602 g/mol. The molecular formula is C40H37N3O5. The van der Waals surface area contributed by atoms with E-state index in [0.717, 1.165) is 22.1 Å². The highest BCUT2D eigenvalue weighted by Gasteiger charge is 2.70. The highest BCUT2D eigenvalue weighted by Crippen LogP contribution is 2.64. The summed E-state index contributed by atoms with van der Waals surface area (Å²) in [6.45, 7) is 4.29. The van der Waals surface area contributed by atoms with Crippen molar-refractivity contribution < 1.29 is 24.3 Å². The number of benzene rings is 4. The Morgan fingerprint density at radius 1 is 0.812 bits per heavy atom. The fourth-order valence-corrected chi connectivity index (χ4v) is 9.16. The molecule has 48 heavy (non-hydrogen) atoms. The van der Waals surface area contributed by atoms with Gasteiger partial charge in [0.05, 0.1) is 28.9 Å². The fraction of sp³-hybridized carbons (Fsp3) is 0.300. The third-order valence-electron chi connectivity index (χ3n) is 11.2. The van der Waals surface area contributed by atoms with E-state index in [2.05, 4.69) is 11.5 Å². The molecule has 6 unspecified atom stereocenters. The van der Waals surface area contributed by atoms with E-state index in [4.69, 9.17) is 0 Å². The summed E-state index contributed by atoms with van der Waals surface area (Å²) < 4.78 is 0. The number of imide groups is 2. The number of allylic oxidation sites excluding steroid dienone is 2. The number of carbonyl (C=O) groups excluding carboxylic acids is 4. The molecule has 4 amide bonds. The van der Waals surface area contributed by atoms with Crippen molar-refractivity contribution in [3.05, 3.63) is 119 Å². The minimum Gasteiger partial charge on any atom is -0.507 e. The number of nitrogens with zero attached hydrogens (tertiary/aromatic N) is 2. The third-order valence-corrected chi connectivity index (χ3v) is 11.2. The van der Waals surface area contributed by atoms with Crippen LogP contribution in [0.4, 0.5) is 5.69 Å². The van der Waals surface area contributed by atoms with Crippen LogP contribution in [0.2, 0.25) is 0 Å². The van der Waals surface area contributed by atoms with Crippen molar-refractivity contribution >= 4 is 40.1 Å². The van der Waals surface area contributed by atoms with Crippen LogP contribution < -0.4 is 5.43 Å². The van der Waals surface area contributed by atoms with Crippen LogP contribution in [0.5, 0.6) is 5.75 Å². The number of anilines is 1. The maximum absolute atomic E-state index is 15.3. The van der Waals surface area contributed by atoms with Crippen LogP contribution in [0.15, 0.2) is 103 Å². The monoisotopic (exact) mass is 639 g/mol. The molecule has 4 aliphatic rings. The molecule has 0 radical (unpaired) electrons. The maximum atomic E-state index is 15.3. The molecule has 242 valence electrons. The van der Waals surface area contributed by atoms with Gasteiger partial charge in [-0.25, -0.2) is 0 Å².